The second-order valence-corrected chi connectivity index (χ2v) is 8.71. The van der Waals surface area contributed by atoms with E-state index in [9.17, 15) is 8.42 Å². The number of aryl methyl sites for hydroxylation is 1. The van der Waals surface area contributed by atoms with Gasteiger partial charge in [-0.05, 0) is 23.6 Å². The molecule has 136 valence electrons. The summed E-state index contributed by atoms with van der Waals surface area (Å²) >= 11 is 0. The van der Waals surface area contributed by atoms with Crippen LogP contribution in [0.3, 0.4) is 0 Å². The topological polar surface area (TPSA) is 80.7 Å². The predicted molar refractivity (Wildman–Crippen MR) is 92.7 cm³/mol. The minimum Gasteiger partial charge on any atom is -0.420 e. The normalized spacial score (nSPS) is 17.3. The van der Waals surface area contributed by atoms with Crippen molar-refractivity contribution in [3.05, 3.63) is 41.6 Å². The van der Waals surface area contributed by atoms with Crippen LogP contribution in [-0.4, -0.2) is 49.1 Å². The summed E-state index contributed by atoms with van der Waals surface area (Å²) < 4.78 is 32.6. The van der Waals surface area contributed by atoms with Crippen LogP contribution < -0.4 is 4.90 Å². The van der Waals surface area contributed by atoms with Crippen LogP contribution in [0.4, 0.5) is 0 Å². The molecule has 0 spiro atoms. The zero-order chi connectivity index (χ0) is 18.0. The van der Waals surface area contributed by atoms with Gasteiger partial charge >= 0.3 is 0 Å². The molecule has 25 heavy (non-hydrogen) atoms. The van der Waals surface area contributed by atoms with Crippen molar-refractivity contribution < 1.29 is 17.7 Å². The molecule has 8 heteroatoms. The molecule has 1 fully saturated rings. The molecule has 2 heterocycles. The first-order valence-corrected chi connectivity index (χ1v) is 10.0. The SMILES string of the molecule is Cc1nnc(C[NH+]2CCN(S(=O)(=O)c3ccc(C(C)C)cc3)CC2)o1. The number of hydrogen-bond donors (Lipinski definition) is 1. The number of aromatic nitrogens is 2. The third kappa shape index (κ3) is 4.08. The summed E-state index contributed by atoms with van der Waals surface area (Å²) in [5.41, 5.74) is 1.14. The molecular formula is C17H25N4O3S+. The van der Waals surface area contributed by atoms with Gasteiger partial charge < -0.3 is 9.32 Å². The predicted octanol–water partition coefficient (Wildman–Crippen LogP) is 0.591. The van der Waals surface area contributed by atoms with Gasteiger partial charge in [0.1, 0.15) is 0 Å². The van der Waals surface area contributed by atoms with Crippen molar-refractivity contribution in [1.29, 1.82) is 0 Å². The highest BCUT2D eigenvalue weighted by atomic mass is 32.2. The number of benzene rings is 1. The molecule has 1 aliphatic heterocycles. The average molecular weight is 365 g/mol. The standard InChI is InChI=1S/C17H24N4O3S/c1-13(2)15-4-6-16(7-5-15)25(22,23)21-10-8-20(9-11-21)12-17-19-18-14(3)24-17/h4-7,13H,8-12H2,1-3H3/p+1. The fourth-order valence-corrected chi connectivity index (χ4v) is 4.46. The Kier molecular flexibility index (Phi) is 5.21. The number of sulfonamides is 1. The van der Waals surface area contributed by atoms with Gasteiger partial charge in [0.2, 0.25) is 15.9 Å². The maximum Gasteiger partial charge on any atom is 0.271 e. The number of nitrogens with one attached hydrogen (secondary N) is 1. The van der Waals surface area contributed by atoms with E-state index in [1.165, 1.54) is 4.90 Å². The molecule has 1 aromatic heterocycles. The van der Waals surface area contributed by atoms with Crippen LogP contribution in [0.2, 0.25) is 0 Å². The molecule has 7 nitrogen and oxygen atoms in total. The number of nitrogens with zero attached hydrogens (tertiary/aromatic N) is 3. The number of hydrogen-bond acceptors (Lipinski definition) is 5. The Labute approximate surface area is 148 Å². The van der Waals surface area contributed by atoms with Crippen LogP contribution in [0.15, 0.2) is 33.6 Å². The van der Waals surface area contributed by atoms with Crippen molar-refractivity contribution >= 4 is 10.0 Å². The van der Waals surface area contributed by atoms with E-state index >= 15 is 0 Å². The summed E-state index contributed by atoms with van der Waals surface area (Å²) in [6, 6.07) is 7.23. The van der Waals surface area contributed by atoms with Crippen LogP contribution in [0, 0.1) is 6.92 Å². The van der Waals surface area contributed by atoms with E-state index in [0.29, 0.717) is 42.2 Å². The Bertz CT molecular complexity index is 807. The molecule has 0 bridgehead atoms. The van der Waals surface area contributed by atoms with Crippen molar-refractivity contribution in [2.45, 2.75) is 38.1 Å². The largest absolute Gasteiger partial charge is 0.420 e. The maximum absolute atomic E-state index is 12.8. The fourth-order valence-electron chi connectivity index (χ4n) is 3.02. The van der Waals surface area contributed by atoms with Crippen molar-refractivity contribution in [2.24, 2.45) is 0 Å². The summed E-state index contributed by atoms with van der Waals surface area (Å²) in [5.74, 6) is 1.55. The highest BCUT2D eigenvalue weighted by Gasteiger charge is 2.31. The lowest BCUT2D eigenvalue weighted by atomic mass is 10.0. The molecular weight excluding hydrogens is 340 g/mol. The highest BCUT2D eigenvalue weighted by molar-refractivity contribution is 7.89. The summed E-state index contributed by atoms with van der Waals surface area (Å²) in [6.45, 7) is 9.04. The van der Waals surface area contributed by atoms with E-state index < -0.39 is 10.0 Å². The fraction of sp³-hybridized carbons (Fsp3) is 0.529. The summed E-state index contributed by atoms with van der Waals surface area (Å²) in [4.78, 5) is 1.62. The van der Waals surface area contributed by atoms with E-state index in [4.69, 9.17) is 4.42 Å². The molecule has 0 saturated carbocycles. The maximum atomic E-state index is 12.8. The second-order valence-electron chi connectivity index (χ2n) is 6.77. The molecule has 0 amide bonds. The van der Waals surface area contributed by atoms with E-state index in [1.54, 1.807) is 23.4 Å². The summed E-state index contributed by atoms with van der Waals surface area (Å²) in [7, 11) is -3.43. The molecule has 1 N–H and O–H groups in total. The first kappa shape index (κ1) is 18.0. The van der Waals surface area contributed by atoms with Crippen molar-refractivity contribution in [2.75, 3.05) is 26.2 Å². The molecule has 1 aliphatic rings. The van der Waals surface area contributed by atoms with E-state index in [2.05, 4.69) is 24.0 Å². The zero-order valence-corrected chi connectivity index (χ0v) is 15.7. The first-order chi connectivity index (χ1) is 11.9. The second kappa shape index (κ2) is 7.23. The molecule has 1 aromatic carbocycles. The molecule has 0 unspecified atom stereocenters. The van der Waals surface area contributed by atoms with Crippen LogP contribution in [0.5, 0.6) is 0 Å². The Morgan fingerprint density at radius 2 is 1.80 bits per heavy atom. The minimum atomic E-state index is -3.43. The molecule has 0 atom stereocenters. The van der Waals surface area contributed by atoms with Gasteiger partial charge in [-0.15, -0.1) is 10.2 Å². The number of rotatable bonds is 5. The van der Waals surface area contributed by atoms with Crippen LogP contribution >= 0.6 is 0 Å². The van der Waals surface area contributed by atoms with Gasteiger partial charge in [-0.1, -0.05) is 26.0 Å². The third-order valence-corrected chi connectivity index (χ3v) is 6.50. The third-order valence-electron chi connectivity index (χ3n) is 4.58. The first-order valence-electron chi connectivity index (χ1n) is 8.59. The van der Waals surface area contributed by atoms with Gasteiger partial charge in [0, 0.05) is 6.92 Å². The van der Waals surface area contributed by atoms with E-state index in [-0.39, 0.29) is 0 Å². The zero-order valence-electron chi connectivity index (χ0n) is 14.9. The highest BCUT2D eigenvalue weighted by Crippen LogP contribution is 2.20. The van der Waals surface area contributed by atoms with Crippen molar-refractivity contribution in [3.63, 3.8) is 0 Å². The molecule has 1 saturated heterocycles. The number of quaternary nitrogens is 1. The molecule has 0 aliphatic carbocycles. The van der Waals surface area contributed by atoms with Gasteiger partial charge in [-0.2, -0.15) is 4.31 Å². The minimum absolute atomic E-state index is 0.368. The summed E-state index contributed by atoms with van der Waals surface area (Å²) in [5, 5.41) is 7.84. The lowest BCUT2D eigenvalue weighted by Gasteiger charge is -2.30. The smallest absolute Gasteiger partial charge is 0.271 e. The molecule has 3 rings (SSSR count). The Balaban J connectivity index is 1.62. The summed E-state index contributed by atoms with van der Waals surface area (Å²) in [6.07, 6.45) is 0. The Morgan fingerprint density at radius 3 is 2.32 bits per heavy atom. The quantitative estimate of drug-likeness (QED) is 0.839. The van der Waals surface area contributed by atoms with Crippen LogP contribution in [0.1, 0.15) is 37.1 Å². The molecule has 0 radical (unpaired) electrons. The lowest BCUT2D eigenvalue weighted by molar-refractivity contribution is -0.918. The van der Waals surface area contributed by atoms with E-state index in [1.807, 2.05) is 12.1 Å². The van der Waals surface area contributed by atoms with Gasteiger partial charge in [-0.25, -0.2) is 8.42 Å². The van der Waals surface area contributed by atoms with Gasteiger partial charge in [0.05, 0.1) is 31.1 Å². The number of piperazine rings is 1. The van der Waals surface area contributed by atoms with Crippen LogP contribution in [0.25, 0.3) is 0 Å². The Hall–Kier alpha value is -1.77. The Morgan fingerprint density at radius 1 is 1.16 bits per heavy atom. The van der Waals surface area contributed by atoms with Gasteiger partial charge in [-0.3, -0.25) is 0 Å². The monoisotopic (exact) mass is 365 g/mol. The van der Waals surface area contributed by atoms with E-state index in [0.717, 1.165) is 18.7 Å². The van der Waals surface area contributed by atoms with Gasteiger partial charge in [0.25, 0.3) is 5.89 Å². The lowest BCUT2D eigenvalue weighted by Crippen LogP contribution is -3.13. The average Bonchev–Trinajstić information content (AvgIpc) is 3.00. The molecule has 2 aromatic rings. The van der Waals surface area contributed by atoms with Crippen molar-refractivity contribution in [3.8, 4) is 0 Å². The van der Waals surface area contributed by atoms with Gasteiger partial charge in [0.15, 0.2) is 6.54 Å². The van der Waals surface area contributed by atoms with Crippen molar-refractivity contribution in [1.82, 2.24) is 14.5 Å². The van der Waals surface area contributed by atoms with Crippen LogP contribution in [-0.2, 0) is 16.6 Å².